The SMILES string of the molecule is CC1CCc2c(sc3ncn(CC(=O)N=Nc4c(O)n(Cc5ccccc5)c5ccccc45)c(=O)c23)C1. The summed E-state index contributed by atoms with van der Waals surface area (Å²) in [5.74, 6) is -0.0684. The molecule has 0 fully saturated rings. The van der Waals surface area contributed by atoms with Crippen LogP contribution in [0, 0.1) is 5.92 Å². The average molecular weight is 512 g/mol. The Morgan fingerprint density at radius 2 is 1.95 bits per heavy atom. The molecule has 9 heteroatoms. The van der Waals surface area contributed by atoms with Crippen LogP contribution in [0.5, 0.6) is 5.88 Å². The molecule has 0 radical (unpaired) electrons. The Labute approximate surface area is 216 Å². The fourth-order valence-corrected chi connectivity index (χ4v) is 6.40. The van der Waals surface area contributed by atoms with Gasteiger partial charge in [0, 0.05) is 10.3 Å². The van der Waals surface area contributed by atoms with Gasteiger partial charge in [-0.1, -0.05) is 55.5 Å². The molecular formula is C28H25N5O3S. The van der Waals surface area contributed by atoms with E-state index < -0.39 is 5.91 Å². The molecule has 0 bridgehead atoms. The highest BCUT2D eigenvalue weighted by atomic mass is 32.1. The van der Waals surface area contributed by atoms with E-state index in [1.165, 1.54) is 15.8 Å². The first kappa shape index (κ1) is 23.3. The van der Waals surface area contributed by atoms with E-state index in [0.29, 0.717) is 23.2 Å². The molecule has 1 atom stereocenters. The third-order valence-corrected chi connectivity index (χ3v) is 8.11. The number of carbonyl (C=O) groups is 1. The van der Waals surface area contributed by atoms with Crippen LogP contribution < -0.4 is 5.56 Å². The van der Waals surface area contributed by atoms with Gasteiger partial charge in [0.05, 0.1) is 23.8 Å². The zero-order valence-corrected chi connectivity index (χ0v) is 21.1. The normalized spacial score (nSPS) is 15.5. The van der Waals surface area contributed by atoms with Gasteiger partial charge in [0.15, 0.2) is 5.69 Å². The zero-order chi connectivity index (χ0) is 25.5. The van der Waals surface area contributed by atoms with Crippen molar-refractivity contribution in [1.82, 2.24) is 14.1 Å². The topological polar surface area (TPSA) is 102 Å². The van der Waals surface area contributed by atoms with Crippen molar-refractivity contribution >= 4 is 44.1 Å². The lowest BCUT2D eigenvalue weighted by Crippen LogP contribution is -2.24. The first-order valence-corrected chi connectivity index (χ1v) is 13.1. The maximum atomic E-state index is 13.2. The van der Waals surface area contributed by atoms with E-state index in [2.05, 4.69) is 22.1 Å². The summed E-state index contributed by atoms with van der Waals surface area (Å²) in [6, 6.07) is 17.2. The van der Waals surface area contributed by atoms with Crippen LogP contribution in [0.1, 0.15) is 29.3 Å². The summed E-state index contributed by atoms with van der Waals surface area (Å²) in [6.07, 6.45) is 4.27. The Kier molecular flexibility index (Phi) is 5.92. The van der Waals surface area contributed by atoms with Crippen LogP contribution in [0.15, 0.2) is 75.9 Å². The van der Waals surface area contributed by atoms with Crippen molar-refractivity contribution < 1.29 is 9.90 Å². The van der Waals surface area contributed by atoms with Crippen molar-refractivity contribution in [3.05, 3.63) is 87.3 Å². The van der Waals surface area contributed by atoms with Gasteiger partial charge in [0.25, 0.3) is 11.5 Å². The van der Waals surface area contributed by atoms with E-state index >= 15 is 0 Å². The van der Waals surface area contributed by atoms with Gasteiger partial charge in [-0.3, -0.25) is 14.2 Å². The number of azo groups is 1. The first-order valence-electron chi connectivity index (χ1n) is 12.3. The number of rotatable bonds is 5. The van der Waals surface area contributed by atoms with E-state index in [1.807, 2.05) is 54.6 Å². The van der Waals surface area contributed by atoms with Crippen LogP contribution in [-0.4, -0.2) is 25.1 Å². The molecule has 1 amide bonds. The molecule has 8 nitrogen and oxygen atoms in total. The average Bonchev–Trinajstić information content (AvgIpc) is 3.40. The van der Waals surface area contributed by atoms with E-state index in [9.17, 15) is 14.7 Å². The number of benzene rings is 2. The number of aryl methyl sites for hydroxylation is 1. The number of aromatic nitrogens is 3. The summed E-state index contributed by atoms with van der Waals surface area (Å²) >= 11 is 1.58. The quantitative estimate of drug-likeness (QED) is 0.310. The van der Waals surface area contributed by atoms with Gasteiger partial charge in [0.1, 0.15) is 11.4 Å². The van der Waals surface area contributed by atoms with Gasteiger partial charge in [-0.15, -0.1) is 21.6 Å². The van der Waals surface area contributed by atoms with Gasteiger partial charge in [-0.05, 0) is 42.4 Å². The monoisotopic (exact) mass is 511 g/mol. The van der Waals surface area contributed by atoms with Gasteiger partial charge in [0.2, 0.25) is 5.88 Å². The predicted octanol–water partition coefficient (Wildman–Crippen LogP) is 5.60. The van der Waals surface area contributed by atoms with Crippen molar-refractivity contribution in [2.24, 2.45) is 16.1 Å². The highest BCUT2D eigenvalue weighted by molar-refractivity contribution is 7.18. The van der Waals surface area contributed by atoms with Gasteiger partial charge >= 0.3 is 0 Å². The summed E-state index contributed by atoms with van der Waals surface area (Å²) in [5, 5.41) is 20.3. The maximum absolute atomic E-state index is 13.2. The minimum absolute atomic E-state index is 0.0685. The van der Waals surface area contributed by atoms with Crippen LogP contribution in [0.2, 0.25) is 0 Å². The molecule has 5 aromatic rings. The summed E-state index contributed by atoms with van der Waals surface area (Å²) in [7, 11) is 0. The van der Waals surface area contributed by atoms with Crippen molar-refractivity contribution in [3.63, 3.8) is 0 Å². The molecule has 1 aliphatic carbocycles. The fourth-order valence-electron chi connectivity index (χ4n) is 5.06. The molecule has 3 heterocycles. The molecule has 1 aliphatic rings. The van der Waals surface area contributed by atoms with E-state index in [0.717, 1.165) is 40.7 Å². The van der Waals surface area contributed by atoms with E-state index in [4.69, 9.17) is 0 Å². The fraction of sp³-hybridized carbons (Fsp3) is 0.250. The zero-order valence-electron chi connectivity index (χ0n) is 20.3. The van der Waals surface area contributed by atoms with Crippen LogP contribution in [0.4, 0.5) is 5.69 Å². The number of hydrogen-bond donors (Lipinski definition) is 1. The number of amides is 1. The molecule has 1 N–H and O–H groups in total. The van der Waals surface area contributed by atoms with Crippen molar-refractivity contribution in [3.8, 4) is 5.88 Å². The molecule has 2 aromatic carbocycles. The second-order valence-electron chi connectivity index (χ2n) is 9.56. The number of carbonyl (C=O) groups excluding carboxylic acids is 1. The molecule has 0 saturated heterocycles. The number of hydrogen-bond acceptors (Lipinski definition) is 6. The predicted molar refractivity (Wildman–Crippen MR) is 144 cm³/mol. The number of nitrogens with zero attached hydrogens (tertiary/aromatic N) is 5. The molecule has 3 aromatic heterocycles. The Hall–Kier alpha value is -4.11. The Morgan fingerprint density at radius 1 is 1.16 bits per heavy atom. The van der Waals surface area contributed by atoms with E-state index in [1.54, 1.807) is 15.9 Å². The van der Waals surface area contributed by atoms with Crippen molar-refractivity contribution in [2.75, 3.05) is 0 Å². The maximum Gasteiger partial charge on any atom is 0.284 e. The Balaban J connectivity index is 1.29. The lowest BCUT2D eigenvalue weighted by atomic mass is 9.89. The minimum atomic E-state index is -0.597. The lowest BCUT2D eigenvalue weighted by molar-refractivity contribution is -0.118. The summed E-state index contributed by atoms with van der Waals surface area (Å²) in [4.78, 5) is 32.4. The second kappa shape index (κ2) is 9.40. The molecule has 0 aliphatic heterocycles. The molecule has 0 spiro atoms. The minimum Gasteiger partial charge on any atom is -0.493 e. The largest absolute Gasteiger partial charge is 0.493 e. The molecule has 186 valence electrons. The number of aromatic hydroxyl groups is 1. The van der Waals surface area contributed by atoms with Crippen molar-refractivity contribution in [2.45, 2.75) is 39.3 Å². The molecule has 37 heavy (non-hydrogen) atoms. The van der Waals surface area contributed by atoms with Gasteiger partial charge in [-0.25, -0.2) is 4.98 Å². The number of para-hydroxylation sites is 1. The summed E-state index contributed by atoms with van der Waals surface area (Å²) in [5.41, 5.74) is 2.89. The second-order valence-corrected chi connectivity index (χ2v) is 10.6. The summed E-state index contributed by atoms with van der Waals surface area (Å²) in [6.45, 7) is 2.40. The van der Waals surface area contributed by atoms with Crippen molar-refractivity contribution in [1.29, 1.82) is 0 Å². The van der Waals surface area contributed by atoms with Crippen LogP contribution in [-0.2, 0) is 30.7 Å². The highest BCUT2D eigenvalue weighted by Crippen LogP contribution is 2.39. The molecular weight excluding hydrogens is 486 g/mol. The smallest absolute Gasteiger partial charge is 0.284 e. The molecule has 1 unspecified atom stereocenters. The van der Waals surface area contributed by atoms with Gasteiger partial charge in [-0.2, -0.15) is 0 Å². The number of thiophene rings is 1. The van der Waals surface area contributed by atoms with E-state index in [-0.39, 0.29) is 23.7 Å². The highest BCUT2D eigenvalue weighted by Gasteiger charge is 2.23. The third-order valence-electron chi connectivity index (χ3n) is 6.95. The summed E-state index contributed by atoms with van der Waals surface area (Å²) < 4.78 is 3.04. The molecule has 0 saturated carbocycles. The Bertz CT molecular complexity index is 1730. The lowest BCUT2D eigenvalue weighted by Gasteiger charge is -2.17. The standard InChI is InChI=1S/C28H25N5O3S/c1-17-11-12-20-22(13-17)37-26-24(20)27(35)32(16-29-26)15-23(34)30-31-25-19-9-5-6-10-21(19)33(28(25)36)14-18-7-3-2-4-8-18/h2-10,16-17,36H,11-15H2,1H3. The third kappa shape index (κ3) is 4.25. The van der Waals surface area contributed by atoms with Crippen LogP contribution >= 0.6 is 11.3 Å². The van der Waals surface area contributed by atoms with Gasteiger partial charge < -0.3 is 9.67 Å². The number of fused-ring (bicyclic) bond motifs is 4. The van der Waals surface area contributed by atoms with Crippen LogP contribution in [0.25, 0.3) is 21.1 Å². The molecule has 6 rings (SSSR count). The first-order chi connectivity index (χ1) is 18.0. The Morgan fingerprint density at radius 3 is 2.78 bits per heavy atom. The van der Waals surface area contributed by atoms with Crippen LogP contribution in [0.3, 0.4) is 0 Å².